The molecule has 0 aliphatic heterocycles. The average Bonchev–Trinajstić information content (AvgIpc) is 3.85. The molecular weight excluding hydrogens is 733 g/mol. The van der Waals surface area contributed by atoms with Crippen molar-refractivity contribution in [2.45, 2.75) is 0 Å². The van der Waals surface area contributed by atoms with Crippen LogP contribution in [0.15, 0.2) is 218 Å². The van der Waals surface area contributed by atoms with Gasteiger partial charge in [0.2, 0.25) is 0 Å². The Hall–Kier alpha value is -7.46. The molecule has 0 unspecified atom stereocenters. The first-order valence-corrected chi connectivity index (χ1v) is 21.0. The highest BCUT2D eigenvalue weighted by atomic mass is 32.1. The van der Waals surface area contributed by atoms with E-state index in [4.69, 9.17) is 0 Å². The molecule has 3 heteroatoms. The van der Waals surface area contributed by atoms with Crippen molar-refractivity contribution in [2.75, 3.05) is 4.90 Å². The third kappa shape index (κ3) is 5.62. The molecule has 0 bridgehead atoms. The SMILES string of the molecule is c1ccc(-n2c3cc(-c4ccc(N(c5ccc(-c6ccc7c(c6)sc6ccccc67)cc5)c5ccc6ccccc6c5)cc4)ccc3c3ccc4ccccc4c32)cc1. The number of thiophene rings is 1. The molecule has 0 saturated carbocycles. The number of hydrogen-bond donors (Lipinski definition) is 0. The fourth-order valence-electron chi connectivity index (χ4n) is 9.08. The van der Waals surface area contributed by atoms with Crippen molar-refractivity contribution in [3.63, 3.8) is 0 Å². The highest BCUT2D eigenvalue weighted by Crippen LogP contribution is 2.42. The summed E-state index contributed by atoms with van der Waals surface area (Å²) in [4.78, 5) is 2.37. The Balaban J connectivity index is 0.951. The molecule has 0 amide bonds. The molecule has 12 rings (SSSR count). The standard InChI is InChI=1S/C56H36N2S/c1-2-13-44(14-3-1)58-53-35-42(24-31-49(53)52-33-23-40-11-6-7-15-48(40)56(52)58)38-18-26-45(27-19-38)57(47-30-22-37-10-4-5-12-41(37)34-47)46-28-20-39(21-29-46)43-25-32-51-50-16-8-9-17-54(50)59-55(51)36-43/h1-36H. The van der Waals surface area contributed by atoms with Gasteiger partial charge in [-0.15, -0.1) is 11.3 Å². The fourth-order valence-corrected chi connectivity index (χ4v) is 10.2. The van der Waals surface area contributed by atoms with Crippen LogP contribution in [-0.2, 0) is 0 Å². The summed E-state index contributed by atoms with van der Waals surface area (Å²) in [5, 5.41) is 10.1. The maximum absolute atomic E-state index is 2.44. The van der Waals surface area contributed by atoms with E-state index < -0.39 is 0 Å². The Labute approximate surface area is 346 Å². The molecule has 0 radical (unpaired) electrons. The Morgan fingerprint density at radius 1 is 0.322 bits per heavy atom. The van der Waals surface area contributed by atoms with Crippen molar-refractivity contribution in [3.8, 4) is 27.9 Å². The molecular formula is C56H36N2S. The fraction of sp³-hybridized carbons (Fsp3) is 0. The summed E-state index contributed by atoms with van der Waals surface area (Å²) < 4.78 is 5.09. The molecule has 0 aliphatic carbocycles. The molecule has 59 heavy (non-hydrogen) atoms. The van der Waals surface area contributed by atoms with E-state index in [1.165, 1.54) is 85.8 Å². The topological polar surface area (TPSA) is 8.17 Å². The van der Waals surface area contributed by atoms with Gasteiger partial charge in [0.15, 0.2) is 0 Å². The van der Waals surface area contributed by atoms with E-state index in [-0.39, 0.29) is 0 Å². The number of benzene rings is 10. The van der Waals surface area contributed by atoms with E-state index >= 15 is 0 Å². The third-order valence-electron chi connectivity index (χ3n) is 12.0. The number of nitrogens with zero attached hydrogens (tertiary/aromatic N) is 2. The van der Waals surface area contributed by atoms with Gasteiger partial charge in [-0.1, -0.05) is 152 Å². The summed E-state index contributed by atoms with van der Waals surface area (Å²) in [6.45, 7) is 0. The summed E-state index contributed by atoms with van der Waals surface area (Å²) in [5.74, 6) is 0. The first kappa shape index (κ1) is 33.7. The number of para-hydroxylation sites is 1. The van der Waals surface area contributed by atoms with Crippen molar-refractivity contribution in [1.82, 2.24) is 4.57 Å². The van der Waals surface area contributed by atoms with Crippen molar-refractivity contribution in [1.29, 1.82) is 0 Å². The molecule has 0 aliphatic rings. The molecule has 12 aromatic rings. The molecule has 0 spiro atoms. The lowest BCUT2D eigenvalue weighted by atomic mass is 10.0. The van der Waals surface area contributed by atoms with E-state index in [1.807, 2.05) is 11.3 Å². The maximum Gasteiger partial charge on any atom is 0.0619 e. The van der Waals surface area contributed by atoms with Gasteiger partial charge in [-0.25, -0.2) is 0 Å². The van der Waals surface area contributed by atoms with Crippen molar-refractivity contribution in [3.05, 3.63) is 218 Å². The monoisotopic (exact) mass is 768 g/mol. The first-order chi connectivity index (χ1) is 29.2. The molecule has 2 heterocycles. The van der Waals surface area contributed by atoms with Crippen LogP contribution in [0.2, 0.25) is 0 Å². The average molecular weight is 769 g/mol. The Morgan fingerprint density at radius 2 is 0.864 bits per heavy atom. The van der Waals surface area contributed by atoms with Crippen LogP contribution in [0.5, 0.6) is 0 Å². The van der Waals surface area contributed by atoms with Crippen molar-refractivity contribution < 1.29 is 0 Å². The van der Waals surface area contributed by atoms with Crippen LogP contribution < -0.4 is 4.90 Å². The normalized spacial score (nSPS) is 11.7. The van der Waals surface area contributed by atoms with E-state index in [1.54, 1.807) is 0 Å². The lowest BCUT2D eigenvalue weighted by molar-refractivity contribution is 1.19. The molecule has 2 nitrogen and oxygen atoms in total. The van der Waals surface area contributed by atoms with E-state index in [9.17, 15) is 0 Å². The van der Waals surface area contributed by atoms with Gasteiger partial charge in [-0.2, -0.15) is 0 Å². The summed E-state index contributed by atoms with van der Waals surface area (Å²) in [5.41, 5.74) is 11.7. The molecule has 0 saturated heterocycles. The molecule has 276 valence electrons. The van der Waals surface area contributed by atoms with Crippen molar-refractivity contribution in [2.24, 2.45) is 0 Å². The minimum atomic E-state index is 1.11. The van der Waals surface area contributed by atoms with Gasteiger partial charge in [-0.3, -0.25) is 0 Å². The van der Waals surface area contributed by atoms with Crippen LogP contribution in [0, 0.1) is 0 Å². The van der Waals surface area contributed by atoms with Crippen LogP contribution >= 0.6 is 11.3 Å². The van der Waals surface area contributed by atoms with Crippen LogP contribution in [0.1, 0.15) is 0 Å². The highest BCUT2D eigenvalue weighted by Gasteiger charge is 2.18. The van der Waals surface area contributed by atoms with E-state index in [0.717, 1.165) is 22.7 Å². The van der Waals surface area contributed by atoms with Gasteiger partial charge >= 0.3 is 0 Å². The van der Waals surface area contributed by atoms with Gasteiger partial charge in [0, 0.05) is 59.1 Å². The van der Waals surface area contributed by atoms with Gasteiger partial charge in [0.25, 0.3) is 0 Å². The number of fused-ring (bicyclic) bond motifs is 9. The molecule has 0 fully saturated rings. The number of anilines is 3. The Bertz CT molecular complexity index is 3540. The van der Waals surface area contributed by atoms with Gasteiger partial charge in [-0.05, 0) is 105 Å². The van der Waals surface area contributed by atoms with Gasteiger partial charge in [0.1, 0.15) is 0 Å². The smallest absolute Gasteiger partial charge is 0.0619 e. The van der Waals surface area contributed by atoms with Crippen molar-refractivity contribution >= 4 is 91.9 Å². The first-order valence-electron chi connectivity index (χ1n) is 20.2. The minimum absolute atomic E-state index is 1.11. The Kier molecular flexibility index (Phi) is 7.75. The van der Waals surface area contributed by atoms with Crippen LogP contribution in [0.25, 0.3) is 91.5 Å². The quantitative estimate of drug-likeness (QED) is 0.164. The predicted octanol–water partition coefficient (Wildman–Crippen LogP) is 16.3. The minimum Gasteiger partial charge on any atom is -0.310 e. The third-order valence-corrected chi connectivity index (χ3v) is 13.1. The number of aromatic nitrogens is 1. The van der Waals surface area contributed by atoms with Gasteiger partial charge in [0.05, 0.1) is 11.0 Å². The van der Waals surface area contributed by atoms with Crippen LogP contribution in [0.4, 0.5) is 17.1 Å². The van der Waals surface area contributed by atoms with Crippen LogP contribution in [0.3, 0.4) is 0 Å². The van der Waals surface area contributed by atoms with E-state index in [2.05, 4.69) is 228 Å². The lowest BCUT2D eigenvalue weighted by Gasteiger charge is -2.26. The van der Waals surface area contributed by atoms with E-state index in [0.29, 0.717) is 0 Å². The molecule has 10 aromatic carbocycles. The predicted molar refractivity (Wildman–Crippen MR) is 254 cm³/mol. The zero-order chi connectivity index (χ0) is 38.9. The van der Waals surface area contributed by atoms with Gasteiger partial charge < -0.3 is 9.47 Å². The maximum atomic E-state index is 2.44. The van der Waals surface area contributed by atoms with Crippen LogP contribution in [-0.4, -0.2) is 4.57 Å². The zero-order valence-electron chi connectivity index (χ0n) is 32.1. The molecule has 0 N–H and O–H groups in total. The molecule has 0 atom stereocenters. The second-order valence-corrected chi connectivity index (χ2v) is 16.4. The highest BCUT2D eigenvalue weighted by molar-refractivity contribution is 7.25. The summed E-state index contributed by atoms with van der Waals surface area (Å²) in [6.07, 6.45) is 0. The second kappa shape index (κ2) is 13.6. The second-order valence-electron chi connectivity index (χ2n) is 15.4. The summed E-state index contributed by atoms with van der Waals surface area (Å²) in [6, 6.07) is 80.0. The zero-order valence-corrected chi connectivity index (χ0v) is 32.9. The number of rotatable bonds is 6. The Morgan fingerprint density at radius 3 is 1.63 bits per heavy atom. The lowest BCUT2D eigenvalue weighted by Crippen LogP contribution is -2.09. The summed E-state index contributed by atoms with van der Waals surface area (Å²) >= 11 is 1.86. The molecule has 2 aromatic heterocycles. The largest absolute Gasteiger partial charge is 0.310 e. The number of hydrogen-bond acceptors (Lipinski definition) is 2. The summed E-state index contributed by atoms with van der Waals surface area (Å²) in [7, 11) is 0.